The number of para-hydroxylation sites is 1. The molecule has 1 aliphatic carbocycles. The Morgan fingerprint density at radius 1 is 1.24 bits per heavy atom. The van der Waals surface area contributed by atoms with Crippen molar-refractivity contribution in [3.8, 4) is 0 Å². The van der Waals surface area contributed by atoms with E-state index in [-0.39, 0.29) is 11.5 Å². The zero-order valence-corrected chi connectivity index (χ0v) is 14.2. The molecule has 130 valence electrons. The van der Waals surface area contributed by atoms with Crippen LogP contribution in [-0.4, -0.2) is 28.9 Å². The molecule has 0 spiro atoms. The lowest BCUT2D eigenvalue weighted by Crippen LogP contribution is -2.38. The van der Waals surface area contributed by atoms with E-state index in [1.807, 2.05) is 29.2 Å². The van der Waals surface area contributed by atoms with Crippen molar-refractivity contribution in [2.45, 2.75) is 38.3 Å². The lowest BCUT2D eigenvalue weighted by molar-refractivity contribution is -0.141. The Morgan fingerprint density at radius 2 is 2.04 bits per heavy atom. The van der Waals surface area contributed by atoms with Gasteiger partial charge in [-0.2, -0.15) is 5.10 Å². The molecular formula is C19H21N3O3. The standard InChI is InChI=1S/C19H21N3O3/c1-25-19(24)16-11-14-7-2-3-8-15(14)22(16)17-9-10-18(23)21(20-17)12-13-5-4-6-13/h2-3,7-10,13,16H,4-6,11-12H2,1H3/t16-/m0/s1. The summed E-state index contributed by atoms with van der Waals surface area (Å²) < 4.78 is 6.52. The predicted octanol–water partition coefficient (Wildman–Crippen LogP) is 2.28. The molecule has 2 aromatic rings. The highest BCUT2D eigenvalue weighted by Gasteiger charge is 2.37. The second-order valence-corrected chi connectivity index (χ2v) is 6.75. The fourth-order valence-electron chi connectivity index (χ4n) is 3.61. The fourth-order valence-corrected chi connectivity index (χ4v) is 3.61. The molecule has 0 bridgehead atoms. The van der Waals surface area contributed by atoms with Crippen molar-refractivity contribution in [1.29, 1.82) is 0 Å². The van der Waals surface area contributed by atoms with Gasteiger partial charge in [-0.05, 0) is 36.5 Å². The van der Waals surface area contributed by atoms with E-state index in [0.717, 1.165) is 24.1 Å². The van der Waals surface area contributed by atoms with Crippen molar-refractivity contribution in [2.24, 2.45) is 5.92 Å². The van der Waals surface area contributed by atoms with Crippen LogP contribution in [0.3, 0.4) is 0 Å². The molecule has 6 heteroatoms. The van der Waals surface area contributed by atoms with Gasteiger partial charge in [-0.15, -0.1) is 0 Å². The third-order valence-corrected chi connectivity index (χ3v) is 5.20. The minimum absolute atomic E-state index is 0.0993. The van der Waals surface area contributed by atoms with E-state index in [2.05, 4.69) is 5.10 Å². The van der Waals surface area contributed by atoms with E-state index in [1.54, 1.807) is 6.07 Å². The van der Waals surface area contributed by atoms with Crippen LogP contribution in [-0.2, 0) is 22.5 Å². The molecule has 4 rings (SSSR count). The number of esters is 1. The lowest BCUT2D eigenvalue weighted by Gasteiger charge is -2.27. The Morgan fingerprint density at radius 3 is 2.76 bits per heavy atom. The quantitative estimate of drug-likeness (QED) is 0.800. The van der Waals surface area contributed by atoms with E-state index in [1.165, 1.54) is 24.3 Å². The number of carbonyl (C=O) groups is 1. The Kier molecular flexibility index (Phi) is 4.03. The van der Waals surface area contributed by atoms with Gasteiger partial charge in [0.05, 0.1) is 7.11 Å². The average molecular weight is 339 g/mol. The molecule has 2 aliphatic rings. The largest absolute Gasteiger partial charge is 0.467 e. The third kappa shape index (κ3) is 2.81. The van der Waals surface area contributed by atoms with Crippen LogP contribution < -0.4 is 10.5 Å². The molecule has 0 saturated heterocycles. The topological polar surface area (TPSA) is 64.4 Å². The molecule has 0 unspecified atom stereocenters. The van der Waals surface area contributed by atoms with Crippen molar-refractivity contribution >= 4 is 17.5 Å². The summed E-state index contributed by atoms with van der Waals surface area (Å²) in [5.41, 5.74) is 1.92. The van der Waals surface area contributed by atoms with Crippen LogP contribution in [0, 0.1) is 5.92 Å². The summed E-state index contributed by atoms with van der Waals surface area (Å²) in [6.45, 7) is 0.644. The summed E-state index contributed by atoms with van der Waals surface area (Å²) in [5.74, 6) is 0.844. The van der Waals surface area contributed by atoms with Gasteiger partial charge in [0.15, 0.2) is 5.82 Å². The zero-order chi connectivity index (χ0) is 17.4. The van der Waals surface area contributed by atoms with Gasteiger partial charge in [-0.1, -0.05) is 24.6 Å². The first-order valence-electron chi connectivity index (χ1n) is 8.70. The first-order chi connectivity index (χ1) is 12.2. The number of carbonyl (C=O) groups excluding carboxylic acids is 1. The fraction of sp³-hybridized carbons (Fsp3) is 0.421. The van der Waals surface area contributed by atoms with Crippen LogP contribution in [0.15, 0.2) is 41.2 Å². The second-order valence-electron chi connectivity index (χ2n) is 6.75. The van der Waals surface area contributed by atoms with Crippen molar-refractivity contribution < 1.29 is 9.53 Å². The maximum Gasteiger partial charge on any atom is 0.329 e. The number of methoxy groups -OCH3 is 1. The highest BCUT2D eigenvalue weighted by molar-refractivity contribution is 5.87. The van der Waals surface area contributed by atoms with E-state index < -0.39 is 6.04 Å². The number of aromatic nitrogens is 2. The normalized spacial score (nSPS) is 19.4. The summed E-state index contributed by atoms with van der Waals surface area (Å²) in [6.07, 6.45) is 4.10. The predicted molar refractivity (Wildman–Crippen MR) is 93.9 cm³/mol. The molecule has 1 atom stereocenters. The molecule has 1 aromatic heterocycles. The highest BCUT2D eigenvalue weighted by Crippen LogP contribution is 2.37. The Balaban J connectivity index is 1.74. The highest BCUT2D eigenvalue weighted by atomic mass is 16.5. The number of ether oxygens (including phenoxy) is 1. The van der Waals surface area contributed by atoms with Crippen molar-refractivity contribution in [3.05, 3.63) is 52.3 Å². The molecule has 0 N–H and O–H groups in total. The Hall–Kier alpha value is -2.63. The van der Waals surface area contributed by atoms with Crippen LogP contribution in [0.25, 0.3) is 0 Å². The summed E-state index contributed by atoms with van der Waals surface area (Å²) in [4.78, 5) is 26.3. The van der Waals surface area contributed by atoms with E-state index in [0.29, 0.717) is 24.7 Å². The SMILES string of the molecule is COC(=O)[C@@H]1Cc2ccccc2N1c1ccc(=O)n(CC2CCC2)n1. The van der Waals surface area contributed by atoms with Gasteiger partial charge in [0.2, 0.25) is 0 Å². The minimum atomic E-state index is -0.454. The molecular weight excluding hydrogens is 318 g/mol. The molecule has 2 heterocycles. The van der Waals surface area contributed by atoms with E-state index >= 15 is 0 Å². The lowest BCUT2D eigenvalue weighted by atomic mass is 9.85. The molecule has 0 amide bonds. The number of anilines is 2. The van der Waals surface area contributed by atoms with Crippen molar-refractivity contribution in [3.63, 3.8) is 0 Å². The summed E-state index contributed by atoms with van der Waals surface area (Å²) >= 11 is 0. The van der Waals surface area contributed by atoms with Gasteiger partial charge >= 0.3 is 5.97 Å². The summed E-state index contributed by atoms with van der Waals surface area (Å²) in [5, 5.41) is 4.56. The van der Waals surface area contributed by atoms with Crippen molar-refractivity contribution in [1.82, 2.24) is 9.78 Å². The molecule has 1 aromatic carbocycles. The molecule has 1 fully saturated rings. The van der Waals surface area contributed by atoms with E-state index in [9.17, 15) is 9.59 Å². The van der Waals surface area contributed by atoms with Gasteiger partial charge in [-0.25, -0.2) is 9.48 Å². The van der Waals surface area contributed by atoms with Gasteiger partial charge < -0.3 is 9.64 Å². The molecule has 1 aliphatic heterocycles. The van der Waals surface area contributed by atoms with Crippen molar-refractivity contribution in [2.75, 3.05) is 12.0 Å². The third-order valence-electron chi connectivity index (χ3n) is 5.20. The average Bonchev–Trinajstić information content (AvgIpc) is 2.98. The monoisotopic (exact) mass is 339 g/mol. The van der Waals surface area contributed by atoms with E-state index in [4.69, 9.17) is 4.74 Å². The maximum absolute atomic E-state index is 12.3. The van der Waals surface area contributed by atoms with Crippen LogP contribution in [0.5, 0.6) is 0 Å². The molecule has 1 saturated carbocycles. The number of nitrogens with zero attached hydrogens (tertiary/aromatic N) is 3. The van der Waals surface area contributed by atoms with Crippen LogP contribution in [0.2, 0.25) is 0 Å². The first-order valence-corrected chi connectivity index (χ1v) is 8.70. The number of fused-ring (bicyclic) bond motifs is 1. The number of rotatable bonds is 4. The smallest absolute Gasteiger partial charge is 0.329 e. The maximum atomic E-state index is 12.3. The number of hydrogen-bond donors (Lipinski definition) is 0. The molecule has 6 nitrogen and oxygen atoms in total. The minimum Gasteiger partial charge on any atom is -0.467 e. The number of benzene rings is 1. The van der Waals surface area contributed by atoms with Crippen LogP contribution >= 0.6 is 0 Å². The van der Waals surface area contributed by atoms with Gasteiger partial charge in [0.1, 0.15) is 6.04 Å². The zero-order valence-electron chi connectivity index (χ0n) is 14.2. The molecule has 25 heavy (non-hydrogen) atoms. The number of hydrogen-bond acceptors (Lipinski definition) is 5. The van der Waals surface area contributed by atoms with Gasteiger partial charge in [0.25, 0.3) is 5.56 Å². The molecule has 0 radical (unpaired) electrons. The first kappa shape index (κ1) is 15.9. The summed E-state index contributed by atoms with van der Waals surface area (Å²) in [7, 11) is 1.40. The summed E-state index contributed by atoms with van der Waals surface area (Å²) in [6, 6.07) is 10.7. The van der Waals surface area contributed by atoms with Gasteiger partial charge in [0, 0.05) is 24.7 Å². The van der Waals surface area contributed by atoms with Crippen LogP contribution in [0.1, 0.15) is 24.8 Å². The van der Waals surface area contributed by atoms with Crippen LogP contribution in [0.4, 0.5) is 11.5 Å². The Bertz CT molecular complexity index is 857. The Labute approximate surface area is 146 Å². The van der Waals surface area contributed by atoms with Gasteiger partial charge in [-0.3, -0.25) is 4.79 Å². The second kappa shape index (κ2) is 6.35.